The molecule has 76 valence electrons. The van der Waals surface area contributed by atoms with Crippen molar-refractivity contribution in [1.82, 2.24) is 0 Å². The summed E-state index contributed by atoms with van der Waals surface area (Å²) in [6.07, 6.45) is 0.604. The predicted octanol–water partition coefficient (Wildman–Crippen LogP) is 2.68. The Kier molecular flexibility index (Phi) is 3.83. The third-order valence-corrected chi connectivity index (χ3v) is 1.78. The van der Waals surface area contributed by atoms with Crippen LogP contribution in [0.2, 0.25) is 5.02 Å². The molecule has 0 aliphatic rings. The number of hydrogen-bond acceptors (Lipinski definition) is 2. The van der Waals surface area contributed by atoms with Crippen molar-refractivity contribution in [2.45, 2.75) is 13.0 Å². The van der Waals surface area contributed by atoms with E-state index in [1.54, 1.807) is 0 Å². The van der Waals surface area contributed by atoms with Gasteiger partial charge in [-0.3, -0.25) is 0 Å². The molecule has 0 aliphatic heterocycles. The number of carbonyl (C=O) groups is 1. The molecule has 0 radical (unpaired) electrons. The van der Waals surface area contributed by atoms with Gasteiger partial charge in [-0.25, -0.2) is 0 Å². The van der Waals surface area contributed by atoms with E-state index in [0.29, 0.717) is 16.9 Å². The van der Waals surface area contributed by atoms with Gasteiger partial charge in [0.1, 0.15) is 12.0 Å². The lowest BCUT2D eigenvalue weighted by Gasteiger charge is -2.08. The summed E-state index contributed by atoms with van der Waals surface area (Å²) >= 11 is 5.63. The molecule has 0 fully saturated rings. The van der Waals surface area contributed by atoms with Crippen molar-refractivity contribution < 1.29 is 18.3 Å². The van der Waals surface area contributed by atoms with Gasteiger partial charge in [-0.2, -0.15) is 8.78 Å². The number of aldehydes is 1. The Morgan fingerprint density at radius 3 is 2.79 bits per heavy atom. The van der Waals surface area contributed by atoms with E-state index in [4.69, 9.17) is 11.6 Å². The van der Waals surface area contributed by atoms with E-state index in [9.17, 15) is 13.6 Å². The van der Waals surface area contributed by atoms with Gasteiger partial charge in [0, 0.05) is 17.0 Å². The van der Waals surface area contributed by atoms with Gasteiger partial charge in [0.2, 0.25) is 0 Å². The van der Waals surface area contributed by atoms with Gasteiger partial charge >= 0.3 is 6.61 Å². The molecule has 2 nitrogen and oxygen atoms in total. The smallest absolute Gasteiger partial charge is 0.387 e. The third-order valence-electron chi connectivity index (χ3n) is 1.54. The summed E-state index contributed by atoms with van der Waals surface area (Å²) in [5.74, 6) is -0.0171. The maximum absolute atomic E-state index is 11.9. The third kappa shape index (κ3) is 2.96. The van der Waals surface area contributed by atoms with Gasteiger partial charge in [0.15, 0.2) is 0 Å². The molecule has 14 heavy (non-hydrogen) atoms. The molecule has 0 bridgehead atoms. The first-order valence-electron chi connectivity index (χ1n) is 3.80. The number of ether oxygens (including phenoxy) is 1. The maximum Gasteiger partial charge on any atom is 0.387 e. The minimum absolute atomic E-state index is 0.00259. The number of carbonyl (C=O) groups excluding carboxylic acids is 1. The number of alkyl halides is 2. The zero-order chi connectivity index (χ0) is 10.6. The minimum Gasteiger partial charge on any atom is -0.435 e. The van der Waals surface area contributed by atoms with Crippen LogP contribution >= 0.6 is 11.6 Å². The van der Waals surface area contributed by atoms with Gasteiger partial charge in [-0.05, 0) is 18.2 Å². The SMILES string of the molecule is O=CCc1cc(Cl)ccc1OC(F)F. The number of rotatable bonds is 4. The van der Waals surface area contributed by atoms with Crippen molar-refractivity contribution in [3.63, 3.8) is 0 Å². The summed E-state index contributed by atoms with van der Waals surface area (Å²) in [5.41, 5.74) is 0.354. The Morgan fingerprint density at radius 1 is 1.50 bits per heavy atom. The minimum atomic E-state index is -2.90. The van der Waals surface area contributed by atoms with E-state index in [1.165, 1.54) is 18.2 Å². The van der Waals surface area contributed by atoms with Crippen molar-refractivity contribution in [2.24, 2.45) is 0 Å². The first-order valence-corrected chi connectivity index (χ1v) is 4.18. The second kappa shape index (κ2) is 4.91. The molecule has 0 aliphatic carbocycles. The molecule has 0 saturated heterocycles. The lowest BCUT2D eigenvalue weighted by molar-refractivity contribution is -0.107. The van der Waals surface area contributed by atoms with Gasteiger partial charge in [-0.15, -0.1) is 0 Å². The summed E-state index contributed by atoms with van der Waals surface area (Å²) in [6, 6.07) is 4.16. The van der Waals surface area contributed by atoms with Crippen LogP contribution in [-0.4, -0.2) is 12.9 Å². The van der Waals surface area contributed by atoms with E-state index in [-0.39, 0.29) is 12.2 Å². The quantitative estimate of drug-likeness (QED) is 0.730. The Balaban J connectivity index is 2.95. The van der Waals surface area contributed by atoms with Crippen LogP contribution in [0, 0.1) is 0 Å². The lowest BCUT2D eigenvalue weighted by Crippen LogP contribution is -2.04. The predicted molar refractivity (Wildman–Crippen MR) is 47.9 cm³/mol. The first-order chi connectivity index (χ1) is 6.63. The van der Waals surface area contributed by atoms with Gasteiger partial charge < -0.3 is 9.53 Å². The fourth-order valence-electron chi connectivity index (χ4n) is 1.01. The van der Waals surface area contributed by atoms with Crippen LogP contribution in [0.5, 0.6) is 5.75 Å². The second-order valence-electron chi connectivity index (χ2n) is 2.50. The molecule has 0 N–H and O–H groups in total. The van der Waals surface area contributed by atoms with E-state index in [1.807, 2.05) is 0 Å². The number of halogens is 3. The highest BCUT2D eigenvalue weighted by molar-refractivity contribution is 6.30. The fraction of sp³-hybridized carbons (Fsp3) is 0.222. The molecule has 0 saturated carbocycles. The zero-order valence-corrected chi connectivity index (χ0v) is 7.80. The molecule has 5 heteroatoms. The standard InChI is InChI=1S/C9H7ClF2O2/c10-7-1-2-8(14-9(11)12)6(5-7)3-4-13/h1-2,4-5,9H,3H2. The molecule has 1 aromatic rings. The van der Waals surface area contributed by atoms with E-state index >= 15 is 0 Å². The van der Waals surface area contributed by atoms with Gasteiger partial charge in [0.25, 0.3) is 0 Å². The Labute approximate surface area is 84.4 Å². The van der Waals surface area contributed by atoms with Crippen LogP contribution in [0.1, 0.15) is 5.56 Å². The molecule has 1 rings (SSSR count). The average Bonchev–Trinajstić information content (AvgIpc) is 2.09. The molecule has 0 unspecified atom stereocenters. The molecule has 1 aromatic carbocycles. The van der Waals surface area contributed by atoms with Crippen LogP contribution in [0.15, 0.2) is 18.2 Å². The van der Waals surface area contributed by atoms with Crippen LogP contribution in [0.25, 0.3) is 0 Å². The van der Waals surface area contributed by atoms with Crippen molar-refractivity contribution in [1.29, 1.82) is 0 Å². The second-order valence-corrected chi connectivity index (χ2v) is 2.94. The van der Waals surface area contributed by atoms with Crippen molar-refractivity contribution >= 4 is 17.9 Å². The van der Waals surface area contributed by atoms with Gasteiger partial charge in [-0.1, -0.05) is 11.6 Å². The highest BCUT2D eigenvalue weighted by Gasteiger charge is 2.09. The van der Waals surface area contributed by atoms with E-state index < -0.39 is 6.61 Å². The molecule has 0 heterocycles. The number of hydrogen-bond donors (Lipinski definition) is 0. The monoisotopic (exact) mass is 220 g/mol. The molecule has 0 amide bonds. The van der Waals surface area contributed by atoms with Crippen LogP contribution in [0.3, 0.4) is 0 Å². The van der Waals surface area contributed by atoms with Crippen molar-refractivity contribution in [2.75, 3.05) is 0 Å². The number of benzene rings is 1. The summed E-state index contributed by atoms with van der Waals surface area (Å²) in [5, 5.41) is 0.378. The van der Waals surface area contributed by atoms with Crippen molar-refractivity contribution in [3.05, 3.63) is 28.8 Å². The summed E-state index contributed by atoms with van der Waals surface area (Å²) < 4.78 is 28.0. The van der Waals surface area contributed by atoms with E-state index in [0.717, 1.165) is 0 Å². The lowest BCUT2D eigenvalue weighted by atomic mass is 10.1. The van der Waals surface area contributed by atoms with Crippen LogP contribution in [0.4, 0.5) is 8.78 Å². The van der Waals surface area contributed by atoms with Crippen LogP contribution < -0.4 is 4.74 Å². The van der Waals surface area contributed by atoms with Crippen molar-refractivity contribution in [3.8, 4) is 5.75 Å². The Morgan fingerprint density at radius 2 is 2.21 bits per heavy atom. The highest BCUT2D eigenvalue weighted by Crippen LogP contribution is 2.24. The first kappa shape index (κ1) is 10.9. The van der Waals surface area contributed by atoms with E-state index in [2.05, 4.69) is 4.74 Å². The summed E-state index contributed by atoms with van der Waals surface area (Å²) in [7, 11) is 0. The molecule has 0 atom stereocenters. The molecular weight excluding hydrogens is 214 g/mol. The largest absolute Gasteiger partial charge is 0.435 e. The molecule has 0 spiro atoms. The Bertz CT molecular complexity index is 329. The van der Waals surface area contributed by atoms with Gasteiger partial charge in [0.05, 0.1) is 0 Å². The normalized spacial score (nSPS) is 10.3. The molecular formula is C9H7ClF2O2. The summed E-state index contributed by atoms with van der Waals surface area (Å²) in [6.45, 7) is -2.90. The van der Waals surface area contributed by atoms with Crippen LogP contribution in [-0.2, 0) is 11.2 Å². The average molecular weight is 221 g/mol. The molecule has 0 aromatic heterocycles. The maximum atomic E-state index is 11.9. The fourth-order valence-corrected chi connectivity index (χ4v) is 1.20. The Hall–Kier alpha value is -1.16. The zero-order valence-electron chi connectivity index (χ0n) is 7.04. The summed E-state index contributed by atoms with van der Waals surface area (Å²) in [4.78, 5) is 10.2. The topological polar surface area (TPSA) is 26.3 Å². The highest BCUT2D eigenvalue weighted by atomic mass is 35.5.